The van der Waals surface area contributed by atoms with Crippen molar-refractivity contribution >= 4 is 0 Å². The van der Waals surface area contributed by atoms with Gasteiger partial charge in [-0.2, -0.15) is 0 Å². The normalized spacial score (nSPS) is 8.82. The molecule has 0 saturated heterocycles. The second-order valence-corrected chi connectivity index (χ2v) is 2.19. The predicted molar refractivity (Wildman–Crippen MR) is 40.6 cm³/mol. The number of allylic oxidation sites excluding steroid dienone is 1. The van der Waals surface area contributed by atoms with Gasteiger partial charge in [-0.1, -0.05) is 6.08 Å². The van der Waals surface area contributed by atoms with Crippen molar-refractivity contribution in [2.24, 2.45) is 0 Å². The van der Waals surface area contributed by atoms with Crippen LogP contribution in [0, 0.1) is 0 Å². The number of nitrogens with zero attached hydrogens (tertiary/aromatic N) is 1. The van der Waals surface area contributed by atoms with E-state index in [2.05, 4.69) is 23.1 Å². The molecule has 1 aromatic rings. The third-order valence-corrected chi connectivity index (χ3v) is 1.53. The Balaban J connectivity index is 0.000001000. The maximum atomic E-state index is 3.68. The van der Waals surface area contributed by atoms with Crippen LogP contribution in [0.4, 0.5) is 0 Å². The zero-order valence-electron chi connectivity index (χ0n) is 6.68. The fraction of sp³-hybridized carbons (Fsp3) is 0.375. The number of halogens is 1. The quantitative estimate of drug-likeness (QED) is 0.449. The monoisotopic (exact) mass is 216 g/mol. The maximum absolute atomic E-state index is 3.68. The zero-order valence-corrected chi connectivity index (χ0v) is 8.26. The van der Waals surface area contributed by atoms with Crippen LogP contribution in [0.2, 0.25) is 0 Å². The molecule has 2 nitrogen and oxygen atoms in total. The first-order chi connectivity index (χ1) is 4.88. The summed E-state index contributed by atoms with van der Waals surface area (Å²) in [6.07, 6.45) is 6.81. The van der Waals surface area contributed by atoms with Gasteiger partial charge in [-0.25, -0.2) is 9.55 Å². The van der Waals surface area contributed by atoms with Crippen molar-refractivity contribution in [3.63, 3.8) is 0 Å². The zero-order chi connectivity index (χ0) is 7.40. The number of hydrogen-bond acceptors (Lipinski definition) is 0. The van der Waals surface area contributed by atoms with Crippen LogP contribution in [0.15, 0.2) is 25.0 Å². The second-order valence-electron chi connectivity index (χ2n) is 2.19. The molecule has 0 aliphatic carbocycles. The van der Waals surface area contributed by atoms with Gasteiger partial charge >= 0.3 is 0 Å². The van der Waals surface area contributed by atoms with Crippen molar-refractivity contribution in [1.82, 2.24) is 4.98 Å². The lowest BCUT2D eigenvalue weighted by Gasteiger charge is -1.91. The van der Waals surface area contributed by atoms with Crippen LogP contribution in [-0.4, -0.2) is 4.98 Å². The first-order valence-corrected chi connectivity index (χ1v) is 3.55. The number of nitrogens with one attached hydrogen (secondary N) is 1. The molecule has 1 heterocycles. The Morgan fingerprint density at radius 1 is 1.73 bits per heavy atom. The van der Waals surface area contributed by atoms with Crippen LogP contribution < -0.4 is 21.5 Å². The highest BCUT2D eigenvalue weighted by atomic mass is 79.9. The van der Waals surface area contributed by atoms with Crippen LogP contribution in [0.5, 0.6) is 0 Å². The molecule has 0 saturated carbocycles. The first-order valence-electron chi connectivity index (χ1n) is 3.55. The van der Waals surface area contributed by atoms with E-state index in [4.69, 9.17) is 0 Å². The molecule has 0 amide bonds. The molecule has 0 atom stereocenters. The molecule has 0 unspecified atom stereocenters. The van der Waals surface area contributed by atoms with Crippen molar-refractivity contribution in [2.75, 3.05) is 0 Å². The summed E-state index contributed by atoms with van der Waals surface area (Å²) >= 11 is 0. The Morgan fingerprint density at radius 3 is 3.00 bits per heavy atom. The van der Waals surface area contributed by atoms with E-state index < -0.39 is 0 Å². The highest BCUT2D eigenvalue weighted by Crippen LogP contribution is 1.87. The van der Waals surface area contributed by atoms with Gasteiger partial charge in [0.05, 0.1) is 13.0 Å². The van der Waals surface area contributed by atoms with Crippen LogP contribution in [0.25, 0.3) is 0 Å². The van der Waals surface area contributed by atoms with Gasteiger partial charge in [0.1, 0.15) is 12.4 Å². The average Bonchev–Trinajstić information content (AvgIpc) is 2.36. The molecule has 0 aliphatic heterocycles. The molecule has 0 bridgehead atoms. The average molecular weight is 217 g/mol. The van der Waals surface area contributed by atoms with Gasteiger partial charge in [-0.05, 0) is 6.92 Å². The first kappa shape index (κ1) is 10.4. The Morgan fingerprint density at radius 2 is 2.45 bits per heavy atom. The van der Waals surface area contributed by atoms with Gasteiger partial charge in [0, 0.05) is 0 Å². The van der Waals surface area contributed by atoms with Gasteiger partial charge in [0.25, 0.3) is 5.82 Å². The fourth-order valence-electron chi connectivity index (χ4n) is 1.01. The lowest BCUT2D eigenvalue weighted by atomic mass is 10.4. The van der Waals surface area contributed by atoms with E-state index in [9.17, 15) is 0 Å². The third kappa shape index (κ3) is 2.50. The van der Waals surface area contributed by atoms with E-state index >= 15 is 0 Å². The molecule has 11 heavy (non-hydrogen) atoms. The Kier molecular flexibility index (Phi) is 4.86. The summed E-state index contributed by atoms with van der Waals surface area (Å²) in [6.45, 7) is 6.82. The van der Waals surface area contributed by atoms with E-state index in [0.717, 1.165) is 13.0 Å². The summed E-state index contributed by atoms with van der Waals surface area (Å²) in [7, 11) is 0. The Hall–Kier alpha value is -0.570. The molecule has 1 aromatic heterocycles. The summed E-state index contributed by atoms with van der Waals surface area (Å²) < 4.78 is 2.17. The molecule has 1 N–H and O–H groups in total. The molecule has 62 valence electrons. The number of aromatic amines is 1. The highest BCUT2D eigenvalue weighted by Gasteiger charge is 2.04. The standard InChI is InChI=1S/C8H12N2.BrH/c1-3-5-8-9-6-7-10(8)4-2;/h3,6-7H,1,4-5H2,2H3;1H. The van der Waals surface area contributed by atoms with Crippen molar-refractivity contribution < 1.29 is 21.5 Å². The smallest absolute Gasteiger partial charge is 0.258 e. The van der Waals surface area contributed by atoms with Gasteiger partial charge < -0.3 is 17.0 Å². The number of H-pyrrole nitrogens is 1. The van der Waals surface area contributed by atoms with Gasteiger partial charge in [-0.15, -0.1) is 6.58 Å². The van der Waals surface area contributed by atoms with Crippen LogP contribution in [0.3, 0.4) is 0 Å². The Bertz CT molecular complexity index is 218. The highest BCUT2D eigenvalue weighted by molar-refractivity contribution is 4.85. The Labute approximate surface area is 77.7 Å². The largest absolute Gasteiger partial charge is 1.00 e. The van der Waals surface area contributed by atoms with Gasteiger partial charge in [0.2, 0.25) is 0 Å². The molecule has 0 fully saturated rings. The lowest BCUT2D eigenvalue weighted by Crippen LogP contribution is -3.00. The van der Waals surface area contributed by atoms with E-state index in [0.29, 0.717) is 0 Å². The number of rotatable bonds is 3. The minimum absolute atomic E-state index is 0. The molecule has 0 aromatic carbocycles. The molecular weight excluding hydrogens is 204 g/mol. The summed E-state index contributed by atoms with van der Waals surface area (Å²) in [5.41, 5.74) is 0. The van der Waals surface area contributed by atoms with Crippen LogP contribution in [-0.2, 0) is 13.0 Å². The third-order valence-electron chi connectivity index (χ3n) is 1.53. The molecule has 0 radical (unpaired) electrons. The minimum atomic E-state index is 0. The summed E-state index contributed by atoms with van der Waals surface area (Å²) in [4.78, 5) is 3.15. The van der Waals surface area contributed by atoms with Crippen molar-refractivity contribution in [3.05, 3.63) is 30.9 Å². The topological polar surface area (TPSA) is 19.7 Å². The van der Waals surface area contributed by atoms with Gasteiger partial charge in [0.15, 0.2) is 0 Å². The van der Waals surface area contributed by atoms with Gasteiger partial charge in [-0.3, -0.25) is 0 Å². The molecule has 3 heteroatoms. The summed E-state index contributed by atoms with van der Waals surface area (Å²) in [5, 5.41) is 0. The van der Waals surface area contributed by atoms with Crippen molar-refractivity contribution in [3.8, 4) is 0 Å². The number of aromatic nitrogens is 2. The van der Waals surface area contributed by atoms with E-state index in [1.54, 1.807) is 0 Å². The summed E-state index contributed by atoms with van der Waals surface area (Å²) in [6, 6.07) is 0. The lowest BCUT2D eigenvalue weighted by molar-refractivity contribution is -0.699. The molecule has 0 aliphatic rings. The number of imidazole rings is 1. The fourth-order valence-corrected chi connectivity index (χ4v) is 1.01. The molecule has 0 spiro atoms. The maximum Gasteiger partial charge on any atom is 0.258 e. The van der Waals surface area contributed by atoms with Crippen LogP contribution >= 0.6 is 0 Å². The van der Waals surface area contributed by atoms with E-state index in [1.807, 2.05) is 18.5 Å². The van der Waals surface area contributed by atoms with E-state index in [-0.39, 0.29) is 17.0 Å². The van der Waals surface area contributed by atoms with E-state index in [1.165, 1.54) is 5.82 Å². The second kappa shape index (κ2) is 5.13. The predicted octanol–water partition coefficient (Wildman–Crippen LogP) is -1.95. The minimum Gasteiger partial charge on any atom is -1.00 e. The number of hydrogen-bond donors (Lipinski definition) is 1. The SMILES string of the molecule is C=CCc1[nH]cc[n+]1CC.[Br-]. The molecule has 1 rings (SSSR count). The summed E-state index contributed by atoms with van der Waals surface area (Å²) in [5.74, 6) is 1.22. The van der Waals surface area contributed by atoms with Crippen molar-refractivity contribution in [2.45, 2.75) is 19.9 Å². The van der Waals surface area contributed by atoms with Crippen LogP contribution in [0.1, 0.15) is 12.7 Å². The number of aryl methyl sites for hydroxylation is 1. The van der Waals surface area contributed by atoms with Crippen molar-refractivity contribution in [1.29, 1.82) is 0 Å². The molecular formula is C8H13BrN2.